The van der Waals surface area contributed by atoms with Crippen molar-refractivity contribution in [1.82, 2.24) is 15.1 Å². The number of nitrogens with zero attached hydrogens (tertiary/aromatic N) is 2. The Hall–Kier alpha value is -0.770. The van der Waals surface area contributed by atoms with E-state index >= 15 is 0 Å². The number of rotatable bonds is 3. The zero-order valence-corrected chi connectivity index (χ0v) is 11.0. The van der Waals surface area contributed by atoms with Gasteiger partial charge in [-0.1, -0.05) is 0 Å². The van der Waals surface area contributed by atoms with E-state index in [4.69, 9.17) is 0 Å². The molecule has 4 nitrogen and oxygen atoms in total. The first-order valence-corrected chi connectivity index (χ1v) is 7.03. The van der Waals surface area contributed by atoms with Crippen LogP contribution in [0.5, 0.6) is 0 Å². The lowest BCUT2D eigenvalue weighted by molar-refractivity contribution is 0.179. The van der Waals surface area contributed by atoms with Gasteiger partial charge in [-0.05, 0) is 52.1 Å². The van der Waals surface area contributed by atoms with Crippen molar-refractivity contribution in [2.24, 2.45) is 0 Å². The summed E-state index contributed by atoms with van der Waals surface area (Å²) in [5, 5.41) is 3.12. The summed E-state index contributed by atoms with van der Waals surface area (Å²) in [7, 11) is 0. The molecule has 0 radical (unpaired) electrons. The molecule has 1 unspecified atom stereocenters. The van der Waals surface area contributed by atoms with Crippen molar-refractivity contribution in [3.63, 3.8) is 0 Å². The van der Waals surface area contributed by atoms with Gasteiger partial charge in [-0.25, -0.2) is 4.79 Å². The summed E-state index contributed by atoms with van der Waals surface area (Å²) in [6.45, 7) is 7.37. The molecule has 2 aliphatic rings. The Bertz CT molecular complexity index is 245. The normalized spacial score (nSPS) is 23.7. The molecule has 2 aliphatic heterocycles. The highest BCUT2D eigenvalue weighted by atomic mass is 16.2. The van der Waals surface area contributed by atoms with E-state index in [-0.39, 0.29) is 12.1 Å². The Morgan fingerprint density at radius 3 is 2.29 bits per heavy atom. The monoisotopic (exact) mass is 239 g/mol. The second-order valence-corrected chi connectivity index (χ2v) is 5.41. The predicted molar refractivity (Wildman–Crippen MR) is 69.1 cm³/mol. The number of carbonyl (C=O) groups is 1. The van der Waals surface area contributed by atoms with Crippen LogP contribution in [0.1, 0.15) is 39.0 Å². The molecule has 4 heteroatoms. The van der Waals surface area contributed by atoms with E-state index < -0.39 is 0 Å². The zero-order chi connectivity index (χ0) is 12.1. The van der Waals surface area contributed by atoms with Crippen molar-refractivity contribution in [2.75, 3.05) is 32.7 Å². The molecule has 0 aromatic carbocycles. The molecule has 2 amide bonds. The summed E-state index contributed by atoms with van der Waals surface area (Å²) in [6.07, 6.45) is 6.22. The third-order valence-corrected chi connectivity index (χ3v) is 3.74. The van der Waals surface area contributed by atoms with Crippen molar-refractivity contribution in [1.29, 1.82) is 0 Å². The maximum Gasteiger partial charge on any atom is 0.317 e. The molecular weight excluding hydrogens is 214 g/mol. The van der Waals surface area contributed by atoms with Crippen LogP contribution in [0.25, 0.3) is 0 Å². The van der Waals surface area contributed by atoms with E-state index in [1.807, 2.05) is 4.90 Å². The van der Waals surface area contributed by atoms with Gasteiger partial charge >= 0.3 is 6.03 Å². The molecule has 2 heterocycles. The standard InChI is InChI=1S/C13H25N3O/c1-12(11-15-7-5-6-8-15)14-13(17)16-9-3-2-4-10-16/h12H,2-11H2,1H3,(H,14,17). The van der Waals surface area contributed by atoms with Gasteiger partial charge in [0.15, 0.2) is 0 Å². The van der Waals surface area contributed by atoms with Gasteiger partial charge in [-0.3, -0.25) is 0 Å². The molecule has 1 atom stereocenters. The van der Waals surface area contributed by atoms with Crippen molar-refractivity contribution < 1.29 is 4.79 Å². The van der Waals surface area contributed by atoms with Crippen molar-refractivity contribution in [3.05, 3.63) is 0 Å². The third kappa shape index (κ3) is 3.87. The Labute approximate surface area is 104 Å². The summed E-state index contributed by atoms with van der Waals surface area (Å²) < 4.78 is 0. The number of carbonyl (C=O) groups excluding carboxylic acids is 1. The highest BCUT2D eigenvalue weighted by molar-refractivity contribution is 5.74. The van der Waals surface area contributed by atoms with Gasteiger partial charge < -0.3 is 15.1 Å². The second kappa shape index (κ2) is 6.24. The lowest BCUT2D eigenvalue weighted by Crippen LogP contribution is -2.48. The Morgan fingerprint density at radius 2 is 1.65 bits per heavy atom. The van der Waals surface area contributed by atoms with Crippen LogP contribution < -0.4 is 5.32 Å². The van der Waals surface area contributed by atoms with Crippen LogP contribution >= 0.6 is 0 Å². The fraction of sp³-hybridized carbons (Fsp3) is 0.923. The van der Waals surface area contributed by atoms with Crippen LogP contribution in [0.4, 0.5) is 4.79 Å². The maximum atomic E-state index is 12.0. The third-order valence-electron chi connectivity index (χ3n) is 3.74. The lowest BCUT2D eigenvalue weighted by Gasteiger charge is -2.29. The zero-order valence-electron chi connectivity index (χ0n) is 11.0. The van der Waals surface area contributed by atoms with Crippen molar-refractivity contribution >= 4 is 6.03 Å². The number of amides is 2. The molecule has 2 fully saturated rings. The lowest BCUT2D eigenvalue weighted by atomic mass is 10.1. The molecule has 1 N–H and O–H groups in total. The highest BCUT2D eigenvalue weighted by Crippen LogP contribution is 2.10. The minimum absolute atomic E-state index is 0.136. The quantitative estimate of drug-likeness (QED) is 0.813. The molecule has 0 aromatic heterocycles. The minimum Gasteiger partial charge on any atom is -0.334 e. The van der Waals surface area contributed by atoms with E-state index in [1.165, 1.54) is 32.4 Å². The van der Waals surface area contributed by atoms with Gasteiger partial charge in [0.25, 0.3) is 0 Å². The number of piperidine rings is 1. The molecular formula is C13H25N3O. The summed E-state index contributed by atoms with van der Waals surface area (Å²) >= 11 is 0. The van der Waals surface area contributed by atoms with Crippen LogP contribution in [0.2, 0.25) is 0 Å². The van der Waals surface area contributed by atoms with E-state index in [0.29, 0.717) is 0 Å². The largest absolute Gasteiger partial charge is 0.334 e. The highest BCUT2D eigenvalue weighted by Gasteiger charge is 2.20. The Morgan fingerprint density at radius 1 is 1.06 bits per heavy atom. The van der Waals surface area contributed by atoms with Gasteiger partial charge in [0.1, 0.15) is 0 Å². The molecule has 98 valence electrons. The average Bonchev–Trinajstić information content (AvgIpc) is 2.82. The van der Waals surface area contributed by atoms with Crippen LogP contribution in [-0.2, 0) is 0 Å². The molecule has 2 rings (SSSR count). The Kier molecular flexibility index (Phi) is 4.66. The number of hydrogen-bond acceptors (Lipinski definition) is 2. The van der Waals surface area contributed by atoms with Crippen LogP contribution in [0.3, 0.4) is 0 Å². The number of urea groups is 1. The fourth-order valence-corrected chi connectivity index (χ4v) is 2.80. The molecule has 0 saturated carbocycles. The smallest absolute Gasteiger partial charge is 0.317 e. The summed E-state index contributed by atoms with van der Waals surface area (Å²) in [5.41, 5.74) is 0. The molecule has 0 spiro atoms. The van der Waals surface area contributed by atoms with Gasteiger partial charge in [0.05, 0.1) is 0 Å². The SMILES string of the molecule is CC(CN1CCCC1)NC(=O)N1CCCCC1. The number of hydrogen-bond donors (Lipinski definition) is 1. The molecule has 17 heavy (non-hydrogen) atoms. The average molecular weight is 239 g/mol. The van der Waals surface area contributed by atoms with Crippen LogP contribution in [-0.4, -0.2) is 54.6 Å². The van der Waals surface area contributed by atoms with Gasteiger partial charge in [-0.15, -0.1) is 0 Å². The molecule has 0 aliphatic carbocycles. The first kappa shape index (κ1) is 12.7. The van der Waals surface area contributed by atoms with Gasteiger partial charge in [-0.2, -0.15) is 0 Å². The van der Waals surface area contributed by atoms with E-state index in [0.717, 1.165) is 32.5 Å². The topological polar surface area (TPSA) is 35.6 Å². The second-order valence-electron chi connectivity index (χ2n) is 5.41. The Balaban J connectivity index is 1.69. The van der Waals surface area contributed by atoms with Crippen LogP contribution in [0.15, 0.2) is 0 Å². The number of nitrogens with one attached hydrogen (secondary N) is 1. The van der Waals surface area contributed by atoms with Crippen LogP contribution in [0, 0.1) is 0 Å². The summed E-state index contributed by atoms with van der Waals surface area (Å²) in [6, 6.07) is 0.402. The first-order chi connectivity index (χ1) is 8.25. The van der Waals surface area contributed by atoms with E-state index in [9.17, 15) is 4.79 Å². The summed E-state index contributed by atoms with van der Waals surface area (Å²) in [5.74, 6) is 0. The van der Waals surface area contributed by atoms with Gasteiger partial charge in [0, 0.05) is 25.7 Å². The predicted octanol–water partition coefficient (Wildman–Crippen LogP) is 1.67. The summed E-state index contributed by atoms with van der Waals surface area (Å²) in [4.78, 5) is 16.4. The van der Waals surface area contributed by atoms with Crippen molar-refractivity contribution in [3.8, 4) is 0 Å². The molecule has 0 bridgehead atoms. The van der Waals surface area contributed by atoms with Crippen molar-refractivity contribution in [2.45, 2.75) is 45.1 Å². The first-order valence-electron chi connectivity index (χ1n) is 7.03. The fourth-order valence-electron chi connectivity index (χ4n) is 2.80. The van der Waals surface area contributed by atoms with E-state index in [2.05, 4.69) is 17.1 Å². The minimum atomic E-state index is 0.136. The maximum absolute atomic E-state index is 12.0. The molecule has 0 aromatic rings. The number of likely N-dealkylation sites (tertiary alicyclic amines) is 2. The molecule has 2 saturated heterocycles. The van der Waals surface area contributed by atoms with Gasteiger partial charge in [0.2, 0.25) is 0 Å². The van der Waals surface area contributed by atoms with E-state index in [1.54, 1.807) is 0 Å².